The Bertz CT molecular complexity index is 460. The van der Waals surface area contributed by atoms with Gasteiger partial charge < -0.3 is 14.7 Å². The Hall–Kier alpha value is -1.40. The van der Waals surface area contributed by atoms with E-state index in [-0.39, 0.29) is 11.9 Å². The molecule has 2 unspecified atom stereocenters. The van der Waals surface area contributed by atoms with Crippen LogP contribution in [0, 0.1) is 5.92 Å². The van der Waals surface area contributed by atoms with E-state index in [4.69, 9.17) is 4.74 Å². The lowest BCUT2D eigenvalue weighted by molar-refractivity contribution is -0.146. The summed E-state index contributed by atoms with van der Waals surface area (Å²) < 4.78 is 5.06. The van der Waals surface area contributed by atoms with Crippen molar-refractivity contribution in [3.05, 3.63) is 22.4 Å². The van der Waals surface area contributed by atoms with Crippen molar-refractivity contribution in [3.8, 4) is 0 Å². The predicted molar refractivity (Wildman–Crippen MR) is 75.6 cm³/mol. The molecule has 0 radical (unpaired) electrons. The second-order valence-corrected chi connectivity index (χ2v) is 5.86. The molecule has 20 heavy (non-hydrogen) atoms. The van der Waals surface area contributed by atoms with Crippen molar-refractivity contribution < 1.29 is 19.4 Å². The van der Waals surface area contributed by atoms with Gasteiger partial charge in [0.1, 0.15) is 0 Å². The van der Waals surface area contributed by atoms with E-state index >= 15 is 0 Å². The Morgan fingerprint density at radius 2 is 2.40 bits per heavy atom. The lowest BCUT2D eigenvalue weighted by atomic mass is 9.93. The van der Waals surface area contributed by atoms with Gasteiger partial charge in [0.15, 0.2) is 0 Å². The number of nitrogens with zero attached hydrogens (tertiary/aromatic N) is 1. The third-order valence-electron chi connectivity index (χ3n) is 3.63. The molecule has 1 fully saturated rings. The number of rotatable bonds is 5. The number of thiophene rings is 1. The van der Waals surface area contributed by atoms with Gasteiger partial charge in [-0.1, -0.05) is 6.07 Å². The van der Waals surface area contributed by atoms with Gasteiger partial charge in [0.05, 0.1) is 18.6 Å². The van der Waals surface area contributed by atoms with Gasteiger partial charge in [-0.25, -0.2) is 0 Å². The summed E-state index contributed by atoms with van der Waals surface area (Å²) in [5, 5.41) is 11.4. The van der Waals surface area contributed by atoms with E-state index in [0.717, 1.165) is 4.88 Å². The van der Waals surface area contributed by atoms with Gasteiger partial charge in [-0.15, -0.1) is 11.3 Å². The Labute approximate surface area is 122 Å². The highest BCUT2D eigenvalue weighted by atomic mass is 32.1. The Kier molecular flexibility index (Phi) is 5.14. The zero-order chi connectivity index (χ0) is 14.5. The molecular formula is C14H19NO4S. The Balaban J connectivity index is 2.35. The van der Waals surface area contributed by atoms with Crippen LogP contribution in [0.4, 0.5) is 0 Å². The van der Waals surface area contributed by atoms with Gasteiger partial charge in [-0.3, -0.25) is 9.59 Å². The summed E-state index contributed by atoms with van der Waals surface area (Å²) in [5.74, 6) is -1.36. The van der Waals surface area contributed by atoms with E-state index in [1.807, 2.05) is 17.5 Å². The third-order valence-corrected chi connectivity index (χ3v) is 4.57. The van der Waals surface area contributed by atoms with Gasteiger partial charge in [-0.2, -0.15) is 0 Å². The Morgan fingerprint density at radius 3 is 3.00 bits per heavy atom. The Morgan fingerprint density at radius 1 is 1.60 bits per heavy atom. The van der Waals surface area contributed by atoms with Crippen LogP contribution < -0.4 is 0 Å². The highest BCUT2D eigenvalue weighted by Gasteiger charge is 2.38. The number of hydrogen-bond acceptors (Lipinski definition) is 4. The van der Waals surface area contributed by atoms with Gasteiger partial charge in [0.25, 0.3) is 0 Å². The van der Waals surface area contributed by atoms with Crippen LogP contribution in [0.15, 0.2) is 17.5 Å². The molecular weight excluding hydrogens is 278 g/mol. The van der Waals surface area contributed by atoms with Crippen LogP contribution in [0.1, 0.15) is 30.2 Å². The first-order chi connectivity index (χ1) is 9.65. The van der Waals surface area contributed by atoms with Crippen molar-refractivity contribution >= 4 is 23.2 Å². The highest BCUT2D eigenvalue weighted by Crippen LogP contribution is 2.37. The maximum absolute atomic E-state index is 12.3. The summed E-state index contributed by atoms with van der Waals surface area (Å²) in [4.78, 5) is 26.5. The van der Waals surface area contributed by atoms with Crippen LogP contribution in [0.2, 0.25) is 0 Å². The zero-order valence-electron chi connectivity index (χ0n) is 11.4. The van der Waals surface area contributed by atoms with E-state index < -0.39 is 11.9 Å². The molecule has 1 aliphatic rings. The molecule has 2 atom stereocenters. The fraction of sp³-hybridized carbons (Fsp3) is 0.571. The number of carboxylic acids is 1. The molecule has 0 saturated carbocycles. The molecule has 2 heterocycles. The van der Waals surface area contributed by atoms with E-state index in [2.05, 4.69) is 0 Å². The maximum Gasteiger partial charge on any atom is 0.308 e. The van der Waals surface area contributed by atoms with Gasteiger partial charge in [0.2, 0.25) is 5.91 Å². The minimum absolute atomic E-state index is 0.0178. The van der Waals surface area contributed by atoms with Crippen LogP contribution in [-0.4, -0.2) is 42.1 Å². The number of carbonyl (C=O) groups is 2. The number of hydrogen-bond donors (Lipinski definition) is 1. The first kappa shape index (κ1) is 15.0. The van der Waals surface area contributed by atoms with Gasteiger partial charge in [-0.05, 0) is 24.3 Å². The average molecular weight is 297 g/mol. The largest absolute Gasteiger partial charge is 0.481 e. The smallest absolute Gasteiger partial charge is 0.308 e. The number of ether oxygens (including phenoxy) is 1. The molecule has 1 saturated heterocycles. The maximum atomic E-state index is 12.3. The number of carboxylic acid groups (broad SMARTS) is 1. The van der Waals surface area contributed by atoms with Crippen molar-refractivity contribution in [2.75, 3.05) is 20.3 Å². The first-order valence-corrected chi connectivity index (χ1v) is 7.57. The predicted octanol–water partition coefficient (Wildman–Crippen LogP) is 2.15. The zero-order valence-corrected chi connectivity index (χ0v) is 12.3. The average Bonchev–Trinajstić information content (AvgIpc) is 2.88. The quantitative estimate of drug-likeness (QED) is 0.904. The fourth-order valence-electron chi connectivity index (χ4n) is 2.67. The molecule has 0 spiro atoms. The number of methoxy groups -OCH3 is 1. The van der Waals surface area contributed by atoms with E-state index in [0.29, 0.717) is 32.4 Å². The lowest BCUT2D eigenvalue weighted by Crippen LogP contribution is -2.40. The number of amides is 1. The molecule has 2 rings (SSSR count). The number of likely N-dealkylation sites (tertiary alicyclic amines) is 1. The molecule has 5 nitrogen and oxygen atoms in total. The standard InChI is InChI=1S/C14H19NO4S/c1-19-8-7-15-12(16)6-2-4-10(14(17)18)13(15)11-5-3-9-20-11/h3,5,9-10,13H,2,4,6-8H2,1H3,(H,17,18). The van der Waals surface area contributed by atoms with E-state index in [1.54, 1.807) is 12.0 Å². The lowest BCUT2D eigenvalue weighted by Gasteiger charge is -2.32. The minimum atomic E-state index is -0.833. The second kappa shape index (κ2) is 6.85. The number of carbonyl (C=O) groups excluding carboxylic acids is 1. The highest BCUT2D eigenvalue weighted by molar-refractivity contribution is 7.10. The molecule has 0 bridgehead atoms. The second-order valence-electron chi connectivity index (χ2n) is 4.88. The summed E-state index contributed by atoms with van der Waals surface area (Å²) >= 11 is 1.50. The van der Waals surface area contributed by atoms with Crippen molar-refractivity contribution in [2.24, 2.45) is 5.92 Å². The van der Waals surface area contributed by atoms with E-state index in [1.165, 1.54) is 11.3 Å². The SMILES string of the molecule is COCCN1C(=O)CCCC(C(=O)O)C1c1cccs1. The minimum Gasteiger partial charge on any atom is -0.481 e. The molecule has 0 aliphatic carbocycles. The van der Waals surface area contributed by atoms with Crippen molar-refractivity contribution in [3.63, 3.8) is 0 Å². The van der Waals surface area contributed by atoms with Crippen LogP contribution in [0.3, 0.4) is 0 Å². The van der Waals surface area contributed by atoms with Crippen molar-refractivity contribution in [1.29, 1.82) is 0 Å². The summed E-state index contributed by atoms with van der Waals surface area (Å²) in [6.07, 6.45) is 1.57. The van der Waals surface area contributed by atoms with Gasteiger partial charge >= 0.3 is 5.97 Å². The molecule has 1 aliphatic heterocycles. The third kappa shape index (κ3) is 3.19. The molecule has 1 aromatic heterocycles. The number of aliphatic carboxylic acids is 1. The first-order valence-electron chi connectivity index (χ1n) is 6.69. The molecule has 0 aromatic carbocycles. The van der Waals surface area contributed by atoms with Crippen LogP contribution in [0.5, 0.6) is 0 Å². The van der Waals surface area contributed by atoms with Gasteiger partial charge in [0, 0.05) is 25.0 Å². The molecule has 1 aromatic rings. The monoisotopic (exact) mass is 297 g/mol. The summed E-state index contributed by atoms with van der Waals surface area (Å²) in [7, 11) is 1.58. The molecule has 110 valence electrons. The molecule has 1 N–H and O–H groups in total. The van der Waals surface area contributed by atoms with E-state index in [9.17, 15) is 14.7 Å². The van der Waals surface area contributed by atoms with Crippen molar-refractivity contribution in [2.45, 2.75) is 25.3 Å². The topological polar surface area (TPSA) is 66.8 Å². The van der Waals surface area contributed by atoms with Crippen LogP contribution in [0.25, 0.3) is 0 Å². The fourth-order valence-corrected chi connectivity index (χ4v) is 3.57. The molecule has 1 amide bonds. The summed E-state index contributed by atoms with van der Waals surface area (Å²) in [5.41, 5.74) is 0. The van der Waals surface area contributed by atoms with Crippen LogP contribution in [-0.2, 0) is 14.3 Å². The summed E-state index contributed by atoms with van der Waals surface area (Å²) in [6.45, 7) is 0.849. The van der Waals surface area contributed by atoms with Crippen molar-refractivity contribution in [1.82, 2.24) is 4.90 Å². The molecule has 6 heteroatoms. The van der Waals surface area contributed by atoms with Crippen LogP contribution >= 0.6 is 11.3 Å². The summed E-state index contributed by atoms with van der Waals surface area (Å²) in [6, 6.07) is 3.42. The normalized spacial score (nSPS) is 23.6.